The summed E-state index contributed by atoms with van der Waals surface area (Å²) >= 11 is 0. The average molecular weight is 341 g/mol. The predicted octanol–water partition coefficient (Wildman–Crippen LogP) is 2.04. The molecule has 1 aromatic heterocycles. The monoisotopic (exact) mass is 341 g/mol. The van der Waals surface area contributed by atoms with Gasteiger partial charge in [0.2, 0.25) is 0 Å². The number of carboxylic acids is 1. The average Bonchev–Trinajstić information content (AvgIpc) is 2.80. The maximum absolute atomic E-state index is 11.4. The van der Waals surface area contributed by atoms with E-state index >= 15 is 0 Å². The number of ether oxygens (including phenoxy) is 2. The minimum atomic E-state index is -1.14. The second kappa shape index (κ2) is 7.46. The number of aromatic nitrogens is 2. The van der Waals surface area contributed by atoms with Crippen LogP contribution in [0.15, 0.2) is 0 Å². The number of hydrogen-bond acceptors (Lipinski definition) is 5. The Labute approximate surface area is 138 Å². The fourth-order valence-corrected chi connectivity index (χ4v) is 3.30. The molecular weight excluding hydrogens is 314 g/mol. The number of carbonyl (C=O) groups is 1. The highest BCUT2D eigenvalue weighted by Gasteiger charge is 2.25. The number of morpholine rings is 1. The third-order valence-corrected chi connectivity index (χ3v) is 5.58. The van der Waals surface area contributed by atoms with E-state index in [0.29, 0.717) is 25.4 Å². The van der Waals surface area contributed by atoms with Crippen LogP contribution in [0.3, 0.4) is 0 Å². The molecule has 8 heteroatoms. The quantitative estimate of drug-likeness (QED) is 0.604. The highest BCUT2D eigenvalue weighted by Crippen LogP contribution is 2.24. The van der Waals surface area contributed by atoms with Crippen LogP contribution in [0.5, 0.6) is 0 Å². The van der Waals surface area contributed by atoms with Crippen LogP contribution >= 0.6 is 0 Å². The summed E-state index contributed by atoms with van der Waals surface area (Å²) in [4.78, 5) is 13.5. The molecule has 1 fully saturated rings. The number of aromatic carboxylic acids is 1. The molecule has 1 aliphatic rings. The second-order valence-corrected chi connectivity index (χ2v) is 12.7. The molecule has 0 atom stereocenters. The lowest BCUT2D eigenvalue weighted by molar-refractivity contribution is 0.0670. The topological polar surface area (TPSA) is 76.8 Å². The van der Waals surface area contributed by atoms with E-state index in [4.69, 9.17) is 9.47 Å². The molecule has 7 nitrogen and oxygen atoms in total. The van der Waals surface area contributed by atoms with Gasteiger partial charge in [-0.1, -0.05) is 19.6 Å². The summed E-state index contributed by atoms with van der Waals surface area (Å²) in [6.07, 6.45) is 0. The third kappa shape index (κ3) is 4.79. The van der Waals surface area contributed by atoms with E-state index in [2.05, 4.69) is 29.6 Å². The second-order valence-electron chi connectivity index (χ2n) is 7.05. The summed E-state index contributed by atoms with van der Waals surface area (Å²) in [5, 5.41) is 13.6. The van der Waals surface area contributed by atoms with Gasteiger partial charge in [-0.2, -0.15) is 5.10 Å². The van der Waals surface area contributed by atoms with E-state index in [0.717, 1.165) is 25.0 Å². The molecule has 0 bridgehead atoms. The van der Waals surface area contributed by atoms with Gasteiger partial charge in [0.05, 0.1) is 13.2 Å². The number of anilines is 1. The number of rotatable bonds is 7. The SMILES string of the molecule is Cc1c(C(=O)O)nn(COCC[Si](C)(C)C)c1N1CCOCC1. The maximum Gasteiger partial charge on any atom is 0.356 e. The van der Waals surface area contributed by atoms with E-state index in [1.807, 2.05) is 0 Å². The van der Waals surface area contributed by atoms with Gasteiger partial charge in [-0.05, 0) is 13.0 Å². The van der Waals surface area contributed by atoms with Gasteiger partial charge in [-0.15, -0.1) is 0 Å². The zero-order valence-corrected chi connectivity index (χ0v) is 15.5. The van der Waals surface area contributed by atoms with Crippen LogP contribution in [0, 0.1) is 6.92 Å². The first-order valence-corrected chi connectivity index (χ1v) is 11.7. The lowest BCUT2D eigenvalue weighted by atomic mass is 10.2. The van der Waals surface area contributed by atoms with Gasteiger partial charge in [-0.3, -0.25) is 0 Å². The first-order valence-electron chi connectivity index (χ1n) is 8.01. The van der Waals surface area contributed by atoms with Crippen molar-refractivity contribution in [3.63, 3.8) is 0 Å². The van der Waals surface area contributed by atoms with Gasteiger partial charge < -0.3 is 19.5 Å². The standard InChI is InChI=1S/C15H27N3O4Si/c1-12-13(15(19)20)16-18(11-22-9-10-23(2,3)4)14(12)17-5-7-21-8-6-17/h5-11H2,1-4H3,(H,19,20). The molecule has 0 aromatic carbocycles. The Morgan fingerprint density at radius 1 is 1.35 bits per heavy atom. The zero-order valence-electron chi connectivity index (χ0n) is 14.5. The van der Waals surface area contributed by atoms with E-state index in [9.17, 15) is 9.90 Å². The van der Waals surface area contributed by atoms with Crippen molar-refractivity contribution in [3.8, 4) is 0 Å². The van der Waals surface area contributed by atoms with Crippen LogP contribution < -0.4 is 4.90 Å². The van der Waals surface area contributed by atoms with Crippen LogP contribution in [0.2, 0.25) is 25.7 Å². The lowest BCUT2D eigenvalue weighted by Crippen LogP contribution is -2.38. The minimum Gasteiger partial charge on any atom is -0.476 e. The molecule has 0 unspecified atom stereocenters. The normalized spacial score (nSPS) is 15.9. The van der Waals surface area contributed by atoms with Gasteiger partial charge in [0.15, 0.2) is 5.69 Å². The van der Waals surface area contributed by atoms with Crippen LogP contribution in [-0.2, 0) is 16.2 Å². The molecule has 1 aliphatic heterocycles. The summed E-state index contributed by atoms with van der Waals surface area (Å²) in [5.41, 5.74) is 0.786. The predicted molar refractivity (Wildman–Crippen MR) is 91.1 cm³/mol. The van der Waals surface area contributed by atoms with Crippen molar-refractivity contribution in [1.29, 1.82) is 0 Å². The molecule has 1 saturated heterocycles. The van der Waals surface area contributed by atoms with Gasteiger partial charge in [0.1, 0.15) is 12.5 Å². The van der Waals surface area contributed by atoms with Gasteiger partial charge in [0, 0.05) is 33.3 Å². The molecule has 0 radical (unpaired) electrons. The smallest absolute Gasteiger partial charge is 0.356 e. The number of hydrogen-bond donors (Lipinski definition) is 1. The van der Waals surface area contributed by atoms with Gasteiger partial charge in [0.25, 0.3) is 0 Å². The highest BCUT2D eigenvalue weighted by molar-refractivity contribution is 6.76. The van der Waals surface area contributed by atoms with E-state index in [1.54, 1.807) is 11.6 Å². The number of nitrogens with zero attached hydrogens (tertiary/aromatic N) is 3. The Kier molecular flexibility index (Phi) is 5.82. The Bertz CT molecular complexity index is 548. The molecular formula is C15H27N3O4Si. The molecule has 2 rings (SSSR count). The van der Waals surface area contributed by atoms with Gasteiger partial charge in [-0.25, -0.2) is 9.48 Å². The van der Waals surface area contributed by atoms with Crippen molar-refractivity contribution in [2.45, 2.75) is 39.3 Å². The molecule has 1 N–H and O–H groups in total. The fraction of sp³-hybridized carbons (Fsp3) is 0.733. The summed E-state index contributed by atoms with van der Waals surface area (Å²) in [6.45, 7) is 12.4. The van der Waals surface area contributed by atoms with Crippen LogP contribution in [0.1, 0.15) is 16.1 Å². The van der Waals surface area contributed by atoms with Crippen molar-refractivity contribution in [3.05, 3.63) is 11.3 Å². The van der Waals surface area contributed by atoms with Crippen molar-refractivity contribution in [1.82, 2.24) is 9.78 Å². The Morgan fingerprint density at radius 2 is 2.00 bits per heavy atom. The van der Waals surface area contributed by atoms with Gasteiger partial charge >= 0.3 is 5.97 Å². The summed E-state index contributed by atoms with van der Waals surface area (Å²) in [7, 11) is -1.14. The molecule has 0 aliphatic carbocycles. The van der Waals surface area contributed by atoms with Crippen molar-refractivity contribution >= 4 is 19.9 Å². The maximum atomic E-state index is 11.4. The van der Waals surface area contributed by atoms with E-state index in [1.165, 1.54) is 0 Å². The molecule has 130 valence electrons. The molecule has 1 aromatic rings. The van der Waals surface area contributed by atoms with E-state index < -0.39 is 14.0 Å². The lowest BCUT2D eigenvalue weighted by Gasteiger charge is -2.29. The molecule has 0 saturated carbocycles. The van der Waals surface area contributed by atoms with Crippen molar-refractivity contribution in [2.24, 2.45) is 0 Å². The van der Waals surface area contributed by atoms with Crippen LogP contribution in [-0.4, -0.2) is 61.8 Å². The Hall–Kier alpha value is -1.38. The first kappa shape index (κ1) is 18.0. The minimum absolute atomic E-state index is 0.0975. The van der Waals surface area contributed by atoms with E-state index in [-0.39, 0.29) is 12.4 Å². The first-order chi connectivity index (χ1) is 10.8. The largest absolute Gasteiger partial charge is 0.476 e. The Balaban J connectivity index is 2.13. The molecule has 0 spiro atoms. The Morgan fingerprint density at radius 3 is 2.57 bits per heavy atom. The molecule has 0 amide bonds. The zero-order chi connectivity index (χ0) is 17.0. The highest BCUT2D eigenvalue weighted by atomic mass is 28.3. The van der Waals surface area contributed by atoms with Crippen molar-refractivity contribution < 1.29 is 19.4 Å². The number of carboxylic acid groups (broad SMARTS) is 1. The summed E-state index contributed by atoms with van der Waals surface area (Å²) in [5.74, 6) is -0.170. The molecule has 2 heterocycles. The summed E-state index contributed by atoms with van der Waals surface area (Å²) in [6, 6.07) is 1.08. The third-order valence-electron chi connectivity index (χ3n) is 3.88. The fourth-order valence-electron chi connectivity index (χ4n) is 2.54. The van der Waals surface area contributed by atoms with Crippen LogP contribution in [0.4, 0.5) is 5.82 Å². The van der Waals surface area contributed by atoms with Crippen molar-refractivity contribution in [2.75, 3.05) is 37.8 Å². The molecule has 23 heavy (non-hydrogen) atoms. The summed E-state index contributed by atoms with van der Waals surface area (Å²) < 4.78 is 12.8. The van der Waals surface area contributed by atoms with Crippen LogP contribution in [0.25, 0.3) is 0 Å².